The highest BCUT2D eigenvalue weighted by molar-refractivity contribution is 6.31. The molecule has 4 atom stereocenters. The largest absolute Gasteiger partial charge is 0.494 e. The molecule has 4 heterocycles. The van der Waals surface area contributed by atoms with Crippen LogP contribution < -0.4 is 15.4 Å². The van der Waals surface area contributed by atoms with Gasteiger partial charge in [0.15, 0.2) is 0 Å². The number of hydrogen-bond donors (Lipinski definition) is 2. The summed E-state index contributed by atoms with van der Waals surface area (Å²) in [5.74, 6) is -1.05. The number of carbonyl (C=O) groups is 2. The normalized spacial score (nSPS) is 22.1. The molecular formula is C38H36Cl2FN5O3. The van der Waals surface area contributed by atoms with E-state index >= 15 is 4.39 Å². The summed E-state index contributed by atoms with van der Waals surface area (Å²) in [6, 6.07) is 21.3. The number of rotatable bonds is 6. The van der Waals surface area contributed by atoms with Gasteiger partial charge in [-0.1, -0.05) is 61.0 Å². The maximum atomic E-state index is 16.4. The van der Waals surface area contributed by atoms with Gasteiger partial charge in [-0.05, 0) is 73.0 Å². The van der Waals surface area contributed by atoms with E-state index in [0.29, 0.717) is 52.5 Å². The molecule has 2 amide bonds. The second-order valence-electron chi connectivity index (χ2n) is 12.7. The van der Waals surface area contributed by atoms with Crippen LogP contribution in [-0.2, 0) is 23.3 Å². The molecule has 5 aromatic rings. The number of benzene rings is 4. The monoisotopic (exact) mass is 699 g/mol. The van der Waals surface area contributed by atoms with Crippen molar-refractivity contribution >= 4 is 51.6 Å². The summed E-state index contributed by atoms with van der Waals surface area (Å²) < 4.78 is 24.2. The van der Waals surface area contributed by atoms with E-state index < -0.39 is 23.3 Å². The van der Waals surface area contributed by atoms with Crippen molar-refractivity contribution < 1.29 is 18.7 Å². The van der Waals surface area contributed by atoms with Crippen molar-refractivity contribution in [2.75, 3.05) is 19.0 Å². The molecule has 3 aliphatic heterocycles. The molecule has 3 aliphatic rings. The number of carbonyl (C=O) groups excluding carboxylic acids is 2. The molecule has 1 saturated heterocycles. The third kappa shape index (κ3) is 4.77. The molecule has 0 unspecified atom stereocenters. The summed E-state index contributed by atoms with van der Waals surface area (Å²) in [6.07, 6.45) is 0.543. The van der Waals surface area contributed by atoms with Crippen LogP contribution in [0.1, 0.15) is 64.6 Å². The molecule has 0 radical (unpaired) electrons. The van der Waals surface area contributed by atoms with Crippen molar-refractivity contribution in [3.8, 4) is 5.75 Å². The van der Waals surface area contributed by atoms with Crippen molar-refractivity contribution in [1.82, 2.24) is 20.0 Å². The Kier molecular flexibility index (Phi) is 8.21. The van der Waals surface area contributed by atoms with E-state index in [-0.39, 0.29) is 30.3 Å². The van der Waals surface area contributed by atoms with Gasteiger partial charge >= 0.3 is 0 Å². The van der Waals surface area contributed by atoms with Crippen LogP contribution in [-0.4, -0.2) is 46.2 Å². The summed E-state index contributed by atoms with van der Waals surface area (Å²) in [4.78, 5) is 29.7. The van der Waals surface area contributed by atoms with Crippen LogP contribution in [0.4, 0.5) is 10.1 Å². The summed E-state index contributed by atoms with van der Waals surface area (Å²) in [6.45, 7) is 4.74. The van der Waals surface area contributed by atoms with Crippen LogP contribution in [0.3, 0.4) is 0 Å². The second-order valence-corrected chi connectivity index (χ2v) is 13.5. The number of nitrogens with zero attached hydrogens (tertiary/aromatic N) is 3. The Balaban J connectivity index is 0.00000378. The predicted octanol–water partition coefficient (Wildman–Crippen LogP) is 7.80. The molecular weight excluding hydrogens is 664 g/mol. The van der Waals surface area contributed by atoms with Crippen LogP contribution in [0, 0.1) is 12.7 Å². The van der Waals surface area contributed by atoms with E-state index in [2.05, 4.69) is 15.5 Å². The van der Waals surface area contributed by atoms with Gasteiger partial charge in [-0.15, -0.1) is 0 Å². The van der Waals surface area contributed by atoms with E-state index in [4.69, 9.17) is 33.0 Å². The molecule has 2 N–H and O–H groups in total. The van der Waals surface area contributed by atoms with Crippen LogP contribution in [0.15, 0.2) is 72.8 Å². The molecule has 1 spiro atoms. The fourth-order valence-electron chi connectivity index (χ4n) is 8.36. The van der Waals surface area contributed by atoms with Gasteiger partial charge in [-0.25, -0.2) is 4.39 Å². The maximum Gasteiger partial charge on any atom is 0.251 e. The molecule has 1 aromatic heterocycles. The highest BCUT2D eigenvalue weighted by Gasteiger charge is 2.69. The standard InChI is InChI=1S/C37H32Cl2FN5O3.CH4/c1-4-48-22-8-5-7-20(14-22)18-44-31-17-30-25-13-19(2)24(35(46)41-3)16-28(25)43-45(30)34(31)32(23-9-6-10-27(39)33(23)40)37(44)26-12-11-21(38)15-29(26)42-36(37)47;/h5-16,31-32,34H,4,17-18H2,1-3H3,(H,41,46)(H,42,47);1H4/t31-,32-,34+,37+;/m0./s1. The van der Waals surface area contributed by atoms with Crippen molar-refractivity contribution in [3.63, 3.8) is 0 Å². The lowest BCUT2D eigenvalue weighted by atomic mass is 9.73. The topological polar surface area (TPSA) is 88.5 Å². The van der Waals surface area contributed by atoms with Gasteiger partial charge in [0.1, 0.15) is 17.1 Å². The molecule has 0 bridgehead atoms. The molecule has 0 saturated carbocycles. The average molecular weight is 701 g/mol. The molecule has 4 aromatic carbocycles. The number of likely N-dealkylation sites (tertiary alicyclic amines) is 1. The number of hydrogen-bond acceptors (Lipinski definition) is 5. The molecule has 0 aliphatic carbocycles. The van der Waals surface area contributed by atoms with Crippen LogP contribution >= 0.6 is 23.2 Å². The first-order chi connectivity index (χ1) is 23.2. The van der Waals surface area contributed by atoms with Crippen molar-refractivity contribution in [1.29, 1.82) is 0 Å². The minimum Gasteiger partial charge on any atom is -0.494 e. The zero-order chi connectivity index (χ0) is 33.5. The van der Waals surface area contributed by atoms with Crippen LogP contribution in [0.25, 0.3) is 10.9 Å². The molecule has 11 heteroatoms. The Labute approximate surface area is 294 Å². The lowest BCUT2D eigenvalue weighted by molar-refractivity contribution is -0.128. The number of nitrogens with one attached hydrogen (secondary N) is 2. The third-order valence-electron chi connectivity index (χ3n) is 10.2. The van der Waals surface area contributed by atoms with Gasteiger partial charge in [0, 0.05) is 64.9 Å². The zero-order valence-electron chi connectivity index (χ0n) is 26.5. The van der Waals surface area contributed by atoms with Crippen molar-refractivity contribution in [3.05, 3.63) is 122 Å². The van der Waals surface area contributed by atoms with Gasteiger partial charge in [0.25, 0.3) is 5.91 Å². The lowest BCUT2D eigenvalue weighted by Gasteiger charge is -2.40. The highest BCUT2D eigenvalue weighted by Crippen LogP contribution is 2.64. The number of fused-ring (bicyclic) bond motifs is 7. The van der Waals surface area contributed by atoms with E-state index in [1.165, 1.54) is 6.07 Å². The number of aryl methyl sites for hydroxylation is 1. The second kappa shape index (κ2) is 12.2. The number of ether oxygens (including phenoxy) is 1. The first-order valence-corrected chi connectivity index (χ1v) is 16.7. The van der Waals surface area contributed by atoms with Gasteiger partial charge in [-0.2, -0.15) is 5.10 Å². The molecule has 49 heavy (non-hydrogen) atoms. The number of anilines is 1. The SMILES string of the molecule is C.CCOc1cccc(CN2[C@H]3Cc4c5cc(C)c(C(=O)NC)cc5nn4[C@H]3[C@H](c3cccc(Cl)c3F)[C@]23C(=O)Nc2cc(Cl)ccc23)c1. The summed E-state index contributed by atoms with van der Waals surface area (Å²) in [5, 5.41) is 12.3. The summed E-state index contributed by atoms with van der Waals surface area (Å²) in [7, 11) is 1.60. The zero-order valence-corrected chi connectivity index (χ0v) is 28.0. The minimum absolute atomic E-state index is 0. The Hall–Kier alpha value is -4.44. The smallest absolute Gasteiger partial charge is 0.251 e. The van der Waals surface area contributed by atoms with Crippen molar-refractivity contribution in [2.45, 2.75) is 57.8 Å². The van der Waals surface area contributed by atoms with E-state index in [1.54, 1.807) is 37.4 Å². The van der Waals surface area contributed by atoms with Gasteiger partial charge in [0.2, 0.25) is 5.91 Å². The Bertz CT molecular complexity index is 2170. The van der Waals surface area contributed by atoms with Gasteiger partial charge in [0.05, 0.1) is 23.2 Å². The minimum atomic E-state index is -1.35. The van der Waals surface area contributed by atoms with E-state index in [0.717, 1.165) is 28.0 Å². The van der Waals surface area contributed by atoms with Gasteiger partial charge in [-0.3, -0.25) is 19.2 Å². The highest BCUT2D eigenvalue weighted by atomic mass is 35.5. The van der Waals surface area contributed by atoms with E-state index in [9.17, 15) is 9.59 Å². The number of halogens is 3. The third-order valence-corrected chi connectivity index (χ3v) is 10.7. The maximum absolute atomic E-state index is 16.4. The quantitative estimate of drug-likeness (QED) is 0.189. The lowest BCUT2D eigenvalue weighted by Crippen LogP contribution is -2.52. The summed E-state index contributed by atoms with van der Waals surface area (Å²) in [5.41, 5.74) is 4.23. The Morgan fingerprint density at radius 1 is 1.12 bits per heavy atom. The van der Waals surface area contributed by atoms with E-state index in [1.807, 2.05) is 54.9 Å². The first-order valence-electron chi connectivity index (χ1n) is 15.9. The Morgan fingerprint density at radius 3 is 2.69 bits per heavy atom. The number of amides is 2. The van der Waals surface area contributed by atoms with Crippen molar-refractivity contribution in [2.24, 2.45) is 0 Å². The average Bonchev–Trinajstić information content (AvgIpc) is 3.76. The molecule has 8 rings (SSSR count). The van der Waals surface area contributed by atoms with Crippen LogP contribution in [0.2, 0.25) is 10.0 Å². The fourth-order valence-corrected chi connectivity index (χ4v) is 8.72. The fraction of sp³-hybridized carbons (Fsp3) is 0.289. The Morgan fingerprint density at radius 2 is 1.92 bits per heavy atom. The molecule has 1 fully saturated rings. The van der Waals surface area contributed by atoms with Gasteiger partial charge < -0.3 is 15.4 Å². The number of aromatic nitrogens is 2. The predicted molar refractivity (Wildman–Crippen MR) is 190 cm³/mol. The summed E-state index contributed by atoms with van der Waals surface area (Å²) >= 11 is 12.9. The molecule has 252 valence electrons. The van der Waals surface area contributed by atoms with Crippen LogP contribution in [0.5, 0.6) is 5.75 Å². The first kappa shape index (κ1) is 33.1. The molecule has 8 nitrogen and oxygen atoms in total.